The summed E-state index contributed by atoms with van der Waals surface area (Å²) in [6.07, 6.45) is 7.69. The molecule has 3 heterocycles. The largest absolute Gasteiger partial charge is 0.353 e. The lowest BCUT2D eigenvalue weighted by Crippen LogP contribution is -2.52. The van der Waals surface area contributed by atoms with Crippen LogP contribution in [0.5, 0.6) is 0 Å². The van der Waals surface area contributed by atoms with Crippen molar-refractivity contribution in [2.75, 3.05) is 31.1 Å². The quantitative estimate of drug-likeness (QED) is 0.857. The molecule has 0 N–H and O–H groups in total. The SMILES string of the molecule is Cc1noc(-c2cccnc2N2CCN(C3CC4CCC3C4)CC2)n1. The second-order valence-corrected chi connectivity index (χ2v) is 7.79. The van der Waals surface area contributed by atoms with Crippen molar-refractivity contribution in [2.24, 2.45) is 11.8 Å². The van der Waals surface area contributed by atoms with Crippen LogP contribution in [0.1, 0.15) is 31.5 Å². The Morgan fingerprint density at radius 2 is 2.00 bits per heavy atom. The number of piperazine rings is 1. The van der Waals surface area contributed by atoms with Crippen molar-refractivity contribution < 1.29 is 4.52 Å². The van der Waals surface area contributed by atoms with Crippen molar-refractivity contribution in [1.82, 2.24) is 20.0 Å². The number of fused-ring (bicyclic) bond motifs is 2. The third-order valence-corrected chi connectivity index (χ3v) is 6.33. The first-order valence-electron chi connectivity index (χ1n) is 9.52. The zero-order valence-electron chi connectivity index (χ0n) is 14.8. The monoisotopic (exact) mass is 339 g/mol. The first-order valence-corrected chi connectivity index (χ1v) is 9.52. The third-order valence-electron chi connectivity index (χ3n) is 6.33. The minimum atomic E-state index is 0.566. The van der Waals surface area contributed by atoms with Crippen LogP contribution in [0.3, 0.4) is 0 Å². The van der Waals surface area contributed by atoms with Gasteiger partial charge in [0.15, 0.2) is 5.82 Å². The van der Waals surface area contributed by atoms with Gasteiger partial charge in [-0.3, -0.25) is 4.90 Å². The van der Waals surface area contributed by atoms with Gasteiger partial charge in [-0.15, -0.1) is 0 Å². The molecule has 2 saturated carbocycles. The summed E-state index contributed by atoms with van der Waals surface area (Å²) in [6.45, 7) is 6.15. The van der Waals surface area contributed by atoms with Crippen LogP contribution >= 0.6 is 0 Å². The number of nitrogens with zero attached hydrogens (tertiary/aromatic N) is 5. The topological polar surface area (TPSA) is 58.3 Å². The Hall–Kier alpha value is -1.95. The van der Waals surface area contributed by atoms with E-state index in [1.54, 1.807) is 0 Å². The summed E-state index contributed by atoms with van der Waals surface area (Å²) >= 11 is 0. The molecule has 3 atom stereocenters. The van der Waals surface area contributed by atoms with Gasteiger partial charge in [-0.1, -0.05) is 11.6 Å². The summed E-state index contributed by atoms with van der Waals surface area (Å²) < 4.78 is 5.38. The molecule has 0 aromatic carbocycles. The van der Waals surface area contributed by atoms with Crippen molar-refractivity contribution >= 4 is 5.82 Å². The van der Waals surface area contributed by atoms with Gasteiger partial charge in [0, 0.05) is 38.4 Å². The van der Waals surface area contributed by atoms with E-state index in [-0.39, 0.29) is 0 Å². The molecular formula is C19H25N5O. The molecule has 1 aliphatic heterocycles. The normalized spacial score (nSPS) is 29.5. The van der Waals surface area contributed by atoms with Crippen LogP contribution in [0.2, 0.25) is 0 Å². The van der Waals surface area contributed by atoms with Crippen LogP contribution in [0.15, 0.2) is 22.9 Å². The van der Waals surface area contributed by atoms with Gasteiger partial charge in [-0.2, -0.15) is 4.98 Å². The van der Waals surface area contributed by atoms with Crippen LogP contribution < -0.4 is 4.90 Å². The Bertz CT molecular complexity index is 752. The summed E-state index contributed by atoms with van der Waals surface area (Å²) in [5.41, 5.74) is 0.941. The third kappa shape index (κ3) is 2.72. The van der Waals surface area contributed by atoms with Gasteiger partial charge in [0.1, 0.15) is 5.82 Å². The van der Waals surface area contributed by atoms with Gasteiger partial charge in [-0.25, -0.2) is 4.98 Å². The van der Waals surface area contributed by atoms with Crippen molar-refractivity contribution in [1.29, 1.82) is 0 Å². The number of anilines is 1. The maximum Gasteiger partial charge on any atom is 0.261 e. The smallest absolute Gasteiger partial charge is 0.261 e. The van der Waals surface area contributed by atoms with Crippen molar-refractivity contribution in [3.05, 3.63) is 24.2 Å². The molecule has 0 radical (unpaired) electrons. The summed E-state index contributed by atoms with van der Waals surface area (Å²) in [5.74, 6) is 4.17. The second kappa shape index (κ2) is 6.09. The van der Waals surface area contributed by atoms with E-state index >= 15 is 0 Å². The maximum absolute atomic E-state index is 5.38. The lowest BCUT2D eigenvalue weighted by atomic mass is 9.93. The van der Waals surface area contributed by atoms with Gasteiger partial charge in [-0.05, 0) is 50.2 Å². The summed E-state index contributed by atoms with van der Waals surface area (Å²) in [6, 6.07) is 4.80. The molecule has 2 aromatic rings. The number of pyridine rings is 1. The molecule has 6 nitrogen and oxygen atoms in total. The predicted molar refractivity (Wildman–Crippen MR) is 95.3 cm³/mol. The molecule has 3 unspecified atom stereocenters. The number of hydrogen-bond donors (Lipinski definition) is 0. The Balaban J connectivity index is 1.31. The average Bonchev–Trinajstić information content (AvgIpc) is 3.39. The highest BCUT2D eigenvalue weighted by molar-refractivity contribution is 5.69. The molecule has 132 valence electrons. The molecule has 2 aliphatic carbocycles. The standard InChI is InChI=1S/C19H25N5O/c1-13-21-19(25-22-13)16-3-2-6-20-18(16)24-9-7-23(8-10-24)17-12-14-4-5-15(17)11-14/h2-3,6,14-15,17H,4-5,7-12H2,1H3. The molecule has 2 bridgehead atoms. The minimum absolute atomic E-state index is 0.566. The zero-order valence-corrected chi connectivity index (χ0v) is 14.8. The predicted octanol–water partition coefficient (Wildman–Crippen LogP) is 2.75. The summed E-state index contributed by atoms with van der Waals surface area (Å²) in [7, 11) is 0. The lowest BCUT2D eigenvalue weighted by Gasteiger charge is -2.41. The van der Waals surface area contributed by atoms with Crippen LogP contribution in [-0.4, -0.2) is 52.2 Å². The first kappa shape index (κ1) is 15.3. The number of hydrogen-bond acceptors (Lipinski definition) is 6. The Morgan fingerprint density at radius 3 is 2.68 bits per heavy atom. The number of aromatic nitrogens is 3. The summed E-state index contributed by atoms with van der Waals surface area (Å²) in [4.78, 5) is 14.1. The molecule has 0 amide bonds. The zero-order chi connectivity index (χ0) is 16.8. The van der Waals surface area contributed by atoms with E-state index < -0.39 is 0 Å². The molecule has 0 spiro atoms. The van der Waals surface area contributed by atoms with Gasteiger partial charge < -0.3 is 9.42 Å². The Labute approximate surface area is 148 Å². The molecule has 5 rings (SSSR count). The van der Waals surface area contributed by atoms with E-state index in [1.807, 2.05) is 25.3 Å². The van der Waals surface area contributed by atoms with E-state index in [0.29, 0.717) is 11.7 Å². The highest BCUT2D eigenvalue weighted by atomic mass is 16.5. The van der Waals surface area contributed by atoms with Gasteiger partial charge in [0.2, 0.25) is 0 Å². The van der Waals surface area contributed by atoms with Gasteiger partial charge in [0.25, 0.3) is 5.89 Å². The van der Waals surface area contributed by atoms with Crippen molar-refractivity contribution in [3.63, 3.8) is 0 Å². The molecular weight excluding hydrogens is 314 g/mol. The molecule has 1 saturated heterocycles. The number of aryl methyl sites for hydroxylation is 1. The van der Waals surface area contributed by atoms with E-state index in [4.69, 9.17) is 4.52 Å². The van der Waals surface area contributed by atoms with Gasteiger partial charge >= 0.3 is 0 Å². The Kier molecular flexibility index (Phi) is 3.73. The fraction of sp³-hybridized carbons (Fsp3) is 0.632. The second-order valence-electron chi connectivity index (χ2n) is 7.79. The van der Waals surface area contributed by atoms with Crippen LogP contribution in [0.25, 0.3) is 11.5 Å². The highest BCUT2D eigenvalue weighted by Gasteiger charge is 2.42. The van der Waals surface area contributed by atoms with Gasteiger partial charge in [0.05, 0.1) is 5.56 Å². The van der Waals surface area contributed by atoms with E-state index in [9.17, 15) is 0 Å². The van der Waals surface area contributed by atoms with Crippen LogP contribution in [0, 0.1) is 18.8 Å². The molecule has 2 aromatic heterocycles. The van der Waals surface area contributed by atoms with E-state index in [2.05, 4.69) is 24.9 Å². The Morgan fingerprint density at radius 1 is 1.12 bits per heavy atom. The molecule has 6 heteroatoms. The molecule has 25 heavy (non-hydrogen) atoms. The molecule has 3 aliphatic rings. The summed E-state index contributed by atoms with van der Waals surface area (Å²) in [5, 5.41) is 3.92. The fourth-order valence-electron chi connectivity index (χ4n) is 5.15. The van der Waals surface area contributed by atoms with Crippen molar-refractivity contribution in [3.8, 4) is 11.5 Å². The van der Waals surface area contributed by atoms with Crippen molar-refractivity contribution in [2.45, 2.75) is 38.6 Å². The van der Waals surface area contributed by atoms with E-state index in [1.165, 1.54) is 25.7 Å². The molecule has 3 fully saturated rings. The first-order chi connectivity index (χ1) is 12.3. The average molecular weight is 339 g/mol. The minimum Gasteiger partial charge on any atom is -0.353 e. The van der Waals surface area contributed by atoms with Crippen LogP contribution in [0.4, 0.5) is 5.82 Å². The van der Waals surface area contributed by atoms with E-state index in [0.717, 1.165) is 55.4 Å². The lowest BCUT2D eigenvalue weighted by molar-refractivity contribution is 0.134. The highest BCUT2D eigenvalue weighted by Crippen LogP contribution is 2.46. The fourth-order valence-corrected chi connectivity index (χ4v) is 5.15. The maximum atomic E-state index is 5.38. The van der Waals surface area contributed by atoms with Crippen LogP contribution in [-0.2, 0) is 0 Å². The number of rotatable bonds is 3.